The Morgan fingerprint density at radius 2 is 1.12 bits per heavy atom. The van der Waals surface area contributed by atoms with Crippen molar-refractivity contribution < 1.29 is 8.83 Å². The quantitative estimate of drug-likeness (QED) is 0.175. The molecule has 0 saturated carbocycles. The minimum Gasteiger partial charge on any atom is -0.456 e. The Balaban J connectivity index is 1.04. The summed E-state index contributed by atoms with van der Waals surface area (Å²) >= 11 is 0. The lowest BCUT2D eigenvalue weighted by Gasteiger charge is -2.30. The molecule has 1 aliphatic carbocycles. The van der Waals surface area contributed by atoms with Crippen molar-refractivity contribution in [2.45, 2.75) is 12.0 Å². The summed E-state index contributed by atoms with van der Waals surface area (Å²) in [4.78, 5) is 18.1. The van der Waals surface area contributed by atoms with Gasteiger partial charge >= 0.3 is 0 Å². The molecule has 2 unspecified atom stereocenters. The van der Waals surface area contributed by atoms with Crippen LogP contribution in [0.4, 0.5) is 11.4 Å². The van der Waals surface area contributed by atoms with Crippen LogP contribution in [0.5, 0.6) is 0 Å². The van der Waals surface area contributed by atoms with Crippen molar-refractivity contribution in [2.24, 2.45) is 0 Å². The van der Waals surface area contributed by atoms with Gasteiger partial charge in [-0.3, -0.25) is 0 Å². The molecule has 0 amide bonds. The molecule has 7 aromatic carbocycles. The average molecular weight is 733 g/mol. The zero-order chi connectivity index (χ0) is 37.5. The fourth-order valence-electron chi connectivity index (χ4n) is 8.95. The zero-order valence-corrected chi connectivity index (χ0v) is 30.6. The van der Waals surface area contributed by atoms with Gasteiger partial charge in [0.05, 0.1) is 6.04 Å². The Morgan fingerprint density at radius 3 is 1.98 bits per heavy atom. The van der Waals surface area contributed by atoms with Gasteiger partial charge in [0.15, 0.2) is 17.5 Å². The van der Waals surface area contributed by atoms with Crippen molar-refractivity contribution >= 4 is 50.4 Å². The van der Waals surface area contributed by atoms with Gasteiger partial charge < -0.3 is 13.7 Å². The molecule has 268 valence electrons. The van der Waals surface area contributed by atoms with E-state index in [9.17, 15) is 0 Å². The van der Waals surface area contributed by atoms with E-state index in [1.54, 1.807) is 0 Å². The summed E-state index contributed by atoms with van der Waals surface area (Å²) in [5.41, 5.74) is 12.3. The second-order valence-electron chi connectivity index (χ2n) is 14.7. The molecule has 3 aromatic heterocycles. The Labute approximate surface area is 328 Å². The first kappa shape index (κ1) is 31.7. The summed E-state index contributed by atoms with van der Waals surface area (Å²) in [5.74, 6) is 2.74. The number of hydrogen-bond donors (Lipinski definition) is 0. The molecule has 1 aliphatic heterocycles. The van der Waals surface area contributed by atoms with Gasteiger partial charge in [-0.2, -0.15) is 0 Å². The van der Waals surface area contributed by atoms with Gasteiger partial charge in [0.1, 0.15) is 22.5 Å². The molecule has 10 aromatic rings. The van der Waals surface area contributed by atoms with Crippen molar-refractivity contribution in [1.29, 1.82) is 0 Å². The van der Waals surface area contributed by atoms with E-state index in [2.05, 4.69) is 151 Å². The molecule has 6 nitrogen and oxygen atoms in total. The highest BCUT2D eigenvalue weighted by atomic mass is 16.3. The summed E-state index contributed by atoms with van der Waals surface area (Å²) in [5, 5.41) is 3.06. The molecule has 4 heterocycles. The Morgan fingerprint density at radius 1 is 0.474 bits per heavy atom. The topological polar surface area (TPSA) is 68.2 Å². The fraction of sp³-hybridized carbons (Fsp3) is 0.0392. The van der Waals surface area contributed by atoms with Crippen LogP contribution in [0.1, 0.15) is 22.8 Å². The number of rotatable bonds is 5. The lowest BCUT2D eigenvalue weighted by atomic mass is 9.82. The number of anilines is 2. The predicted octanol–water partition coefficient (Wildman–Crippen LogP) is 12.9. The molecule has 0 fully saturated rings. The van der Waals surface area contributed by atoms with Crippen molar-refractivity contribution in [1.82, 2.24) is 15.0 Å². The van der Waals surface area contributed by atoms with Crippen molar-refractivity contribution in [3.63, 3.8) is 0 Å². The summed E-state index contributed by atoms with van der Waals surface area (Å²) in [6, 6.07) is 58.9. The molecule has 0 saturated heterocycles. The van der Waals surface area contributed by atoms with Gasteiger partial charge in [0.25, 0.3) is 0 Å². The van der Waals surface area contributed by atoms with Crippen LogP contribution < -0.4 is 4.90 Å². The normalized spacial score (nSPS) is 15.6. The average Bonchev–Trinajstić information content (AvgIpc) is 3.96. The minimum absolute atomic E-state index is 0.0810. The highest BCUT2D eigenvalue weighted by Crippen LogP contribution is 2.53. The van der Waals surface area contributed by atoms with Gasteiger partial charge in [-0.05, 0) is 71.3 Å². The third kappa shape index (κ3) is 5.00. The SMILES string of the molecule is C1=CC2C(c3ccccc3N2c2ccccc2)c2c1oc1ccc(-c3nc(-c4ccc(-c5ccccc5)cc4)nc(-c4cccc5oc6ccccc6c45)n3)cc21. The molecule has 57 heavy (non-hydrogen) atoms. The van der Waals surface area contributed by atoms with Gasteiger partial charge in [-0.25, -0.2) is 15.0 Å². The molecule has 0 spiro atoms. The number of benzene rings is 7. The van der Waals surface area contributed by atoms with Crippen molar-refractivity contribution in [3.8, 4) is 45.3 Å². The highest BCUT2D eigenvalue weighted by Gasteiger charge is 2.43. The number of furan rings is 2. The van der Waals surface area contributed by atoms with Crippen LogP contribution in [0.25, 0.3) is 84.3 Å². The molecule has 6 heteroatoms. The van der Waals surface area contributed by atoms with Crippen LogP contribution in [0.15, 0.2) is 185 Å². The van der Waals surface area contributed by atoms with E-state index in [0.717, 1.165) is 66.5 Å². The third-order valence-corrected chi connectivity index (χ3v) is 11.5. The molecule has 0 N–H and O–H groups in total. The molecule has 2 atom stereocenters. The molecular formula is C51H32N4O2. The maximum atomic E-state index is 6.59. The number of aromatic nitrogens is 3. The minimum atomic E-state index is 0.0810. The molecule has 12 rings (SSSR count). The van der Waals surface area contributed by atoms with Crippen molar-refractivity contribution in [3.05, 3.63) is 193 Å². The maximum absolute atomic E-state index is 6.59. The molecule has 0 bridgehead atoms. The van der Waals surface area contributed by atoms with Gasteiger partial charge in [-0.1, -0.05) is 127 Å². The molecule has 0 radical (unpaired) electrons. The first-order chi connectivity index (χ1) is 28.2. The summed E-state index contributed by atoms with van der Waals surface area (Å²) in [6.45, 7) is 0. The van der Waals surface area contributed by atoms with Gasteiger partial charge in [0.2, 0.25) is 0 Å². The van der Waals surface area contributed by atoms with Crippen LogP contribution in [0.3, 0.4) is 0 Å². The van der Waals surface area contributed by atoms with E-state index in [1.165, 1.54) is 22.5 Å². The Kier molecular flexibility index (Phi) is 6.95. The van der Waals surface area contributed by atoms with Crippen molar-refractivity contribution in [2.75, 3.05) is 4.90 Å². The number of para-hydroxylation sites is 3. The number of nitrogens with zero attached hydrogens (tertiary/aromatic N) is 4. The zero-order valence-electron chi connectivity index (χ0n) is 30.6. The van der Waals surface area contributed by atoms with Crippen LogP contribution >= 0.6 is 0 Å². The first-order valence-corrected chi connectivity index (χ1v) is 19.3. The van der Waals surface area contributed by atoms with Crippen LogP contribution in [-0.4, -0.2) is 21.0 Å². The standard InChI is InChI=1S/C51H32N4O2/c1-3-12-31(13-4-1)32-22-24-33(25-23-32)49-52-50(54-51(53-49)38-18-11-21-44-46(38)37-17-8-10-20-42(37)56-44)34-26-28-43-39(30-34)48-45(57-43)29-27-41-47(48)36-16-7-9-19-40(36)55(41)35-14-5-2-6-15-35/h1-30,41,47H. The van der Waals surface area contributed by atoms with Gasteiger partial charge in [-0.15, -0.1) is 0 Å². The fourth-order valence-corrected chi connectivity index (χ4v) is 8.95. The van der Waals surface area contributed by atoms with E-state index in [-0.39, 0.29) is 12.0 Å². The van der Waals surface area contributed by atoms with E-state index in [0.29, 0.717) is 17.5 Å². The number of hydrogen-bond acceptors (Lipinski definition) is 6. The monoisotopic (exact) mass is 732 g/mol. The Hall–Kier alpha value is -7.57. The lowest BCUT2D eigenvalue weighted by Crippen LogP contribution is -2.30. The second kappa shape index (κ2) is 12.5. The van der Waals surface area contributed by atoms with Gasteiger partial charge in [0, 0.05) is 55.7 Å². The highest BCUT2D eigenvalue weighted by molar-refractivity contribution is 6.11. The molecule has 2 aliphatic rings. The number of fused-ring (bicyclic) bond motifs is 10. The summed E-state index contributed by atoms with van der Waals surface area (Å²) in [6.07, 6.45) is 4.43. The van der Waals surface area contributed by atoms with Crippen LogP contribution in [-0.2, 0) is 0 Å². The van der Waals surface area contributed by atoms with E-state index in [1.807, 2.05) is 36.4 Å². The predicted molar refractivity (Wildman–Crippen MR) is 228 cm³/mol. The van der Waals surface area contributed by atoms with E-state index < -0.39 is 0 Å². The summed E-state index contributed by atoms with van der Waals surface area (Å²) in [7, 11) is 0. The maximum Gasteiger partial charge on any atom is 0.164 e. The van der Waals surface area contributed by atoms with E-state index in [4.69, 9.17) is 23.8 Å². The smallest absolute Gasteiger partial charge is 0.164 e. The molecular weight excluding hydrogens is 701 g/mol. The largest absolute Gasteiger partial charge is 0.456 e. The lowest BCUT2D eigenvalue weighted by molar-refractivity contribution is 0.584. The van der Waals surface area contributed by atoms with Crippen LogP contribution in [0, 0.1) is 0 Å². The van der Waals surface area contributed by atoms with E-state index >= 15 is 0 Å². The Bertz CT molecular complexity index is 3200. The second-order valence-corrected chi connectivity index (χ2v) is 14.7. The first-order valence-electron chi connectivity index (χ1n) is 19.3. The summed E-state index contributed by atoms with van der Waals surface area (Å²) < 4.78 is 12.9. The van der Waals surface area contributed by atoms with Crippen LogP contribution in [0.2, 0.25) is 0 Å². The third-order valence-electron chi connectivity index (χ3n) is 11.5.